The molecule has 2 nitrogen and oxygen atoms in total. The molecule has 2 fully saturated rings. The zero-order valence-electron chi connectivity index (χ0n) is 10.5. The van der Waals surface area contributed by atoms with Crippen molar-refractivity contribution in [2.24, 2.45) is 0 Å². The van der Waals surface area contributed by atoms with Crippen LogP contribution in [0.2, 0.25) is 0 Å². The van der Waals surface area contributed by atoms with Gasteiger partial charge in [-0.1, -0.05) is 0 Å². The second-order valence-corrected chi connectivity index (χ2v) is 6.30. The van der Waals surface area contributed by atoms with Crippen LogP contribution in [-0.2, 0) is 6.54 Å². The van der Waals surface area contributed by atoms with E-state index in [9.17, 15) is 4.39 Å². The lowest BCUT2D eigenvalue weighted by atomic mass is 10.1. The molecule has 98 valence electrons. The predicted molar refractivity (Wildman–Crippen MR) is 75.8 cm³/mol. The highest BCUT2D eigenvalue weighted by Gasteiger charge is 2.20. The Kier molecular flexibility index (Phi) is 3.75. The lowest BCUT2D eigenvalue weighted by molar-refractivity contribution is 0.618. The zero-order valence-corrected chi connectivity index (χ0v) is 11.3. The number of rotatable bonds is 4. The van der Waals surface area contributed by atoms with Crippen molar-refractivity contribution in [3.05, 3.63) is 29.6 Å². The van der Waals surface area contributed by atoms with E-state index in [1.807, 2.05) is 11.8 Å². The van der Waals surface area contributed by atoms with E-state index in [-0.39, 0.29) is 5.82 Å². The van der Waals surface area contributed by atoms with Crippen LogP contribution in [0.1, 0.15) is 18.4 Å². The Morgan fingerprint density at radius 3 is 2.72 bits per heavy atom. The van der Waals surface area contributed by atoms with Gasteiger partial charge in [-0.15, -0.1) is 0 Å². The van der Waals surface area contributed by atoms with E-state index in [0.717, 1.165) is 42.4 Å². The SMILES string of the molecule is Fc1cc(CNC2CC2)cc(N2CCSCC2)c1. The van der Waals surface area contributed by atoms with Gasteiger partial charge >= 0.3 is 0 Å². The number of hydrogen-bond donors (Lipinski definition) is 1. The summed E-state index contributed by atoms with van der Waals surface area (Å²) < 4.78 is 13.7. The van der Waals surface area contributed by atoms with E-state index in [1.54, 1.807) is 12.1 Å². The minimum absolute atomic E-state index is 0.113. The highest BCUT2D eigenvalue weighted by atomic mass is 32.2. The fourth-order valence-corrected chi connectivity index (χ4v) is 3.19. The molecule has 0 radical (unpaired) electrons. The second-order valence-electron chi connectivity index (χ2n) is 5.07. The highest BCUT2D eigenvalue weighted by Crippen LogP contribution is 2.23. The molecule has 1 saturated heterocycles. The third-order valence-corrected chi connectivity index (χ3v) is 4.43. The van der Waals surface area contributed by atoms with Crippen molar-refractivity contribution in [1.82, 2.24) is 5.32 Å². The van der Waals surface area contributed by atoms with Crippen molar-refractivity contribution in [2.75, 3.05) is 29.5 Å². The monoisotopic (exact) mass is 266 g/mol. The largest absolute Gasteiger partial charge is 0.370 e. The number of hydrogen-bond acceptors (Lipinski definition) is 3. The molecule has 1 aromatic rings. The molecule has 0 spiro atoms. The van der Waals surface area contributed by atoms with E-state index in [2.05, 4.69) is 16.3 Å². The zero-order chi connectivity index (χ0) is 12.4. The fourth-order valence-electron chi connectivity index (χ4n) is 2.29. The molecule has 0 bridgehead atoms. The smallest absolute Gasteiger partial charge is 0.125 e. The molecule has 1 saturated carbocycles. The summed E-state index contributed by atoms with van der Waals surface area (Å²) in [5.41, 5.74) is 2.11. The molecule has 0 amide bonds. The van der Waals surface area contributed by atoms with E-state index in [1.165, 1.54) is 12.8 Å². The van der Waals surface area contributed by atoms with Gasteiger partial charge in [0.15, 0.2) is 0 Å². The molecule has 2 aliphatic rings. The van der Waals surface area contributed by atoms with Crippen LogP contribution in [0.25, 0.3) is 0 Å². The Bertz CT molecular complexity index is 414. The number of thioether (sulfide) groups is 1. The Morgan fingerprint density at radius 2 is 2.00 bits per heavy atom. The van der Waals surface area contributed by atoms with Gasteiger partial charge in [0.05, 0.1) is 0 Å². The number of halogens is 1. The van der Waals surface area contributed by atoms with Crippen LogP contribution in [0, 0.1) is 5.82 Å². The van der Waals surface area contributed by atoms with E-state index < -0.39 is 0 Å². The fraction of sp³-hybridized carbons (Fsp3) is 0.571. The van der Waals surface area contributed by atoms with Crippen LogP contribution < -0.4 is 10.2 Å². The maximum Gasteiger partial charge on any atom is 0.125 e. The normalized spacial score (nSPS) is 20.2. The Labute approximate surface area is 112 Å². The first kappa shape index (κ1) is 12.3. The van der Waals surface area contributed by atoms with Crippen LogP contribution in [-0.4, -0.2) is 30.6 Å². The van der Waals surface area contributed by atoms with Gasteiger partial charge in [-0.25, -0.2) is 4.39 Å². The van der Waals surface area contributed by atoms with Gasteiger partial charge in [-0.3, -0.25) is 0 Å². The minimum Gasteiger partial charge on any atom is -0.370 e. The Morgan fingerprint density at radius 1 is 1.22 bits per heavy atom. The highest BCUT2D eigenvalue weighted by molar-refractivity contribution is 7.99. The van der Waals surface area contributed by atoms with Crippen molar-refractivity contribution in [2.45, 2.75) is 25.4 Å². The average molecular weight is 266 g/mol. The third kappa shape index (κ3) is 3.18. The summed E-state index contributed by atoms with van der Waals surface area (Å²) in [6.07, 6.45) is 2.54. The summed E-state index contributed by atoms with van der Waals surface area (Å²) in [5.74, 6) is 2.18. The number of benzene rings is 1. The molecule has 0 unspecified atom stereocenters. The van der Waals surface area contributed by atoms with Crippen molar-refractivity contribution in [1.29, 1.82) is 0 Å². The second kappa shape index (κ2) is 5.49. The van der Waals surface area contributed by atoms with Crippen LogP contribution >= 0.6 is 11.8 Å². The van der Waals surface area contributed by atoms with Gasteiger partial charge in [0.1, 0.15) is 5.82 Å². The van der Waals surface area contributed by atoms with Gasteiger partial charge in [0, 0.05) is 42.9 Å². The lowest BCUT2D eigenvalue weighted by Gasteiger charge is -2.29. The molecule has 0 atom stereocenters. The Hall–Kier alpha value is -0.740. The van der Waals surface area contributed by atoms with Crippen molar-refractivity contribution >= 4 is 17.4 Å². The lowest BCUT2D eigenvalue weighted by Crippen LogP contribution is -2.32. The van der Waals surface area contributed by atoms with Gasteiger partial charge < -0.3 is 10.2 Å². The van der Waals surface area contributed by atoms with E-state index in [0.29, 0.717) is 6.04 Å². The first-order valence-electron chi connectivity index (χ1n) is 6.67. The van der Waals surface area contributed by atoms with Gasteiger partial charge in [0.25, 0.3) is 0 Å². The summed E-state index contributed by atoms with van der Waals surface area (Å²) in [7, 11) is 0. The van der Waals surface area contributed by atoms with Crippen LogP contribution in [0.4, 0.5) is 10.1 Å². The number of anilines is 1. The topological polar surface area (TPSA) is 15.3 Å². The van der Waals surface area contributed by atoms with Gasteiger partial charge in [-0.2, -0.15) is 11.8 Å². The maximum atomic E-state index is 13.7. The summed E-state index contributed by atoms with van der Waals surface area (Å²) >= 11 is 1.98. The molecular weight excluding hydrogens is 247 g/mol. The van der Waals surface area contributed by atoms with Gasteiger partial charge in [0.2, 0.25) is 0 Å². The molecular formula is C14H19FN2S. The number of nitrogens with one attached hydrogen (secondary N) is 1. The molecule has 1 aliphatic carbocycles. The molecule has 1 N–H and O–H groups in total. The molecule has 3 rings (SSSR count). The van der Waals surface area contributed by atoms with E-state index in [4.69, 9.17) is 0 Å². The van der Waals surface area contributed by atoms with Crippen LogP contribution in [0.3, 0.4) is 0 Å². The summed E-state index contributed by atoms with van der Waals surface area (Å²) in [4.78, 5) is 2.29. The Balaban J connectivity index is 1.71. The number of nitrogens with zero attached hydrogens (tertiary/aromatic N) is 1. The van der Waals surface area contributed by atoms with Crippen molar-refractivity contribution in [3.63, 3.8) is 0 Å². The minimum atomic E-state index is -0.113. The first-order valence-corrected chi connectivity index (χ1v) is 7.82. The standard InChI is InChI=1S/C14H19FN2S/c15-12-7-11(10-16-13-1-2-13)8-14(9-12)17-3-5-18-6-4-17/h7-9,13,16H,1-6,10H2. The molecule has 18 heavy (non-hydrogen) atoms. The van der Waals surface area contributed by atoms with Crippen LogP contribution in [0.5, 0.6) is 0 Å². The summed E-state index contributed by atoms with van der Waals surface area (Å²) in [6, 6.07) is 6.12. The molecule has 1 aliphatic heterocycles. The quantitative estimate of drug-likeness (QED) is 0.902. The first-order chi connectivity index (χ1) is 8.81. The molecule has 4 heteroatoms. The van der Waals surface area contributed by atoms with E-state index >= 15 is 0 Å². The summed E-state index contributed by atoms with van der Waals surface area (Å²) in [6.45, 7) is 2.85. The average Bonchev–Trinajstić information content (AvgIpc) is 3.21. The molecule has 1 heterocycles. The molecule has 1 aromatic carbocycles. The predicted octanol–water partition coefficient (Wildman–Crippen LogP) is 2.63. The maximum absolute atomic E-state index is 13.7. The molecule has 0 aromatic heterocycles. The van der Waals surface area contributed by atoms with Gasteiger partial charge in [-0.05, 0) is 36.6 Å². The van der Waals surface area contributed by atoms with Crippen molar-refractivity contribution in [3.8, 4) is 0 Å². The summed E-state index contributed by atoms with van der Waals surface area (Å²) in [5, 5.41) is 3.44. The van der Waals surface area contributed by atoms with Crippen molar-refractivity contribution < 1.29 is 4.39 Å². The van der Waals surface area contributed by atoms with Crippen LogP contribution in [0.15, 0.2) is 18.2 Å². The third-order valence-electron chi connectivity index (χ3n) is 3.49.